The SMILES string of the molecule is C=C/C=C\C=C(/C)CCCCC(=C)N.CC. The van der Waals surface area contributed by atoms with E-state index in [2.05, 4.69) is 26.2 Å². The fourth-order valence-electron chi connectivity index (χ4n) is 1.14. The van der Waals surface area contributed by atoms with E-state index in [1.165, 1.54) is 12.0 Å². The van der Waals surface area contributed by atoms with Gasteiger partial charge < -0.3 is 5.73 Å². The lowest BCUT2D eigenvalue weighted by Gasteiger charge is -2.00. The summed E-state index contributed by atoms with van der Waals surface area (Å²) in [5.41, 5.74) is 7.66. The Bertz CT molecular complexity index is 234. The van der Waals surface area contributed by atoms with E-state index in [1.54, 1.807) is 6.08 Å². The van der Waals surface area contributed by atoms with Crippen molar-refractivity contribution in [3.63, 3.8) is 0 Å². The summed E-state index contributed by atoms with van der Waals surface area (Å²) in [7, 11) is 0. The van der Waals surface area contributed by atoms with Crippen LogP contribution in [-0.4, -0.2) is 0 Å². The van der Waals surface area contributed by atoms with Gasteiger partial charge in [0.2, 0.25) is 0 Å². The maximum Gasteiger partial charge on any atom is 0.000744 e. The van der Waals surface area contributed by atoms with E-state index in [0.717, 1.165) is 25.0 Å². The second kappa shape index (κ2) is 13.8. The first-order valence-electron chi connectivity index (χ1n) is 6.05. The van der Waals surface area contributed by atoms with E-state index in [1.807, 2.05) is 26.0 Å². The van der Waals surface area contributed by atoms with Crippen LogP contribution in [0.4, 0.5) is 0 Å². The fourth-order valence-corrected chi connectivity index (χ4v) is 1.14. The van der Waals surface area contributed by atoms with Gasteiger partial charge in [0.15, 0.2) is 0 Å². The van der Waals surface area contributed by atoms with Crippen molar-refractivity contribution in [2.24, 2.45) is 5.73 Å². The molecule has 2 N–H and O–H groups in total. The minimum Gasteiger partial charge on any atom is -0.403 e. The molecule has 0 saturated heterocycles. The van der Waals surface area contributed by atoms with Crippen molar-refractivity contribution < 1.29 is 0 Å². The minimum absolute atomic E-state index is 0.790. The Labute approximate surface area is 101 Å². The average molecular weight is 221 g/mol. The zero-order valence-corrected chi connectivity index (χ0v) is 11.1. The van der Waals surface area contributed by atoms with Gasteiger partial charge in [-0.1, -0.05) is 56.9 Å². The molecule has 0 fully saturated rings. The molecule has 0 atom stereocenters. The summed E-state index contributed by atoms with van der Waals surface area (Å²) in [6, 6.07) is 0. The highest BCUT2D eigenvalue weighted by Crippen LogP contribution is 2.09. The summed E-state index contributed by atoms with van der Waals surface area (Å²) in [5.74, 6) is 0. The Balaban J connectivity index is 0. The molecular formula is C15H27N. The second-order valence-corrected chi connectivity index (χ2v) is 3.50. The summed E-state index contributed by atoms with van der Waals surface area (Å²) in [6.45, 7) is 13.4. The normalized spacial score (nSPS) is 10.8. The van der Waals surface area contributed by atoms with E-state index >= 15 is 0 Å². The molecule has 16 heavy (non-hydrogen) atoms. The molecule has 0 aliphatic rings. The average Bonchev–Trinajstić information content (AvgIpc) is 2.27. The molecule has 92 valence electrons. The summed E-state index contributed by atoms with van der Waals surface area (Å²) in [4.78, 5) is 0. The quantitative estimate of drug-likeness (QED) is 0.488. The Hall–Kier alpha value is -1.24. The van der Waals surface area contributed by atoms with Gasteiger partial charge in [-0.2, -0.15) is 0 Å². The van der Waals surface area contributed by atoms with Gasteiger partial charge in [-0.25, -0.2) is 0 Å². The highest BCUT2D eigenvalue weighted by Gasteiger charge is 1.91. The molecule has 1 heteroatoms. The van der Waals surface area contributed by atoms with Crippen LogP contribution in [0.2, 0.25) is 0 Å². The molecule has 0 aromatic heterocycles. The van der Waals surface area contributed by atoms with Crippen LogP contribution in [0.5, 0.6) is 0 Å². The van der Waals surface area contributed by atoms with Crippen LogP contribution >= 0.6 is 0 Å². The van der Waals surface area contributed by atoms with Crippen LogP contribution in [0.25, 0.3) is 0 Å². The molecule has 0 spiro atoms. The van der Waals surface area contributed by atoms with Crippen LogP contribution in [0.3, 0.4) is 0 Å². The van der Waals surface area contributed by atoms with Crippen LogP contribution in [0, 0.1) is 0 Å². The maximum absolute atomic E-state index is 5.48. The number of hydrogen-bond acceptors (Lipinski definition) is 1. The number of unbranched alkanes of at least 4 members (excludes halogenated alkanes) is 1. The van der Waals surface area contributed by atoms with Gasteiger partial charge in [0.25, 0.3) is 0 Å². The van der Waals surface area contributed by atoms with Crippen molar-refractivity contribution in [1.29, 1.82) is 0 Å². The highest BCUT2D eigenvalue weighted by molar-refractivity contribution is 5.14. The first kappa shape index (κ1) is 17.2. The lowest BCUT2D eigenvalue weighted by molar-refractivity contribution is 0.722. The highest BCUT2D eigenvalue weighted by atomic mass is 14.5. The van der Waals surface area contributed by atoms with E-state index in [0.29, 0.717) is 0 Å². The molecular weight excluding hydrogens is 194 g/mol. The zero-order valence-electron chi connectivity index (χ0n) is 11.1. The number of allylic oxidation sites excluding steroid dienone is 6. The number of rotatable bonds is 7. The van der Waals surface area contributed by atoms with Gasteiger partial charge >= 0.3 is 0 Å². The second-order valence-electron chi connectivity index (χ2n) is 3.50. The van der Waals surface area contributed by atoms with Gasteiger partial charge in [0.1, 0.15) is 0 Å². The Kier molecular flexibility index (Phi) is 14.8. The first-order chi connectivity index (χ1) is 7.66. The van der Waals surface area contributed by atoms with Crippen molar-refractivity contribution in [2.45, 2.75) is 46.5 Å². The number of hydrogen-bond donors (Lipinski definition) is 1. The third-order valence-corrected chi connectivity index (χ3v) is 1.95. The van der Waals surface area contributed by atoms with Crippen molar-refractivity contribution in [3.8, 4) is 0 Å². The number of nitrogens with two attached hydrogens (primary N) is 1. The molecule has 0 bridgehead atoms. The fraction of sp³-hybridized carbons (Fsp3) is 0.467. The lowest BCUT2D eigenvalue weighted by atomic mass is 10.1. The molecule has 0 aliphatic heterocycles. The van der Waals surface area contributed by atoms with Crippen molar-refractivity contribution in [3.05, 3.63) is 48.7 Å². The van der Waals surface area contributed by atoms with Crippen molar-refractivity contribution in [2.75, 3.05) is 0 Å². The minimum atomic E-state index is 0.790. The van der Waals surface area contributed by atoms with Crippen molar-refractivity contribution >= 4 is 0 Å². The molecule has 0 saturated carbocycles. The van der Waals surface area contributed by atoms with Crippen LogP contribution in [0.1, 0.15) is 46.5 Å². The molecule has 0 aromatic carbocycles. The van der Waals surface area contributed by atoms with Crippen LogP contribution < -0.4 is 5.73 Å². The summed E-state index contributed by atoms with van der Waals surface area (Å²) < 4.78 is 0. The smallest absolute Gasteiger partial charge is 0.000744 e. The van der Waals surface area contributed by atoms with Gasteiger partial charge in [-0.15, -0.1) is 0 Å². The van der Waals surface area contributed by atoms with E-state index < -0.39 is 0 Å². The van der Waals surface area contributed by atoms with Gasteiger partial charge in [0.05, 0.1) is 0 Å². The third kappa shape index (κ3) is 15.2. The van der Waals surface area contributed by atoms with Gasteiger partial charge in [0, 0.05) is 5.70 Å². The zero-order chi connectivity index (χ0) is 12.8. The maximum atomic E-state index is 5.48. The monoisotopic (exact) mass is 221 g/mol. The molecule has 0 aliphatic carbocycles. The Morgan fingerprint density at radius 3 is 2.19 bits per heavy atom. The van der Waals surface area contributed by atoms with Crippen LogP contribution in [0.15, 0.2) is 48.7 Å². The van der Waals surface area contributed by atoms with E-state index in [9.17, 15) is 0 Å². The molecule has 0 radical (unpaired) electrons. The van der Waals surface area contributed by atoms with Gasteiger partial charge in [-0.3, -0.25) is 0 Å². The predicted octanol–water partition coefficient (Wildman–Crippen LogP) is 4.73. The molecule has 0 amide bonds. The lowest BCUT2D eigenvalue weighted by Crippen LogP contribution is -1.93. The third-order valence-electron chi connectivity index (χ3n) is 1.95. The van der Waals surface area contributed by atoms with Crippen LogP contribution in [-0.2, 0) is 0 Å². The van der Waals surface area contributed by atoms with E-state index in [-0.39, 0.29) is 0 Å². The van der Waals surface area contributed by atoms with Gasteiger partial charge in [-0.05, 0) is 32.6 Å². The summed E-state index contributed by atoms with van der Waals surface area (Å²) >= 11 is 0. The standard InChI is InChI=1S/C13H21N.C2H6/c1-4-5-6-9-12(2)10-7-8-11-13(3)14;1-2/h4-6,9H,1,3,7-8,10-11,14H2,2H3;1-2H3/b6-5-,12-9+;. The van der Waals surface area contributed by atoms with E-state index in [4.69, 9.17) is 5.73 Å². The topological polar surface area (TPSA) is 26.0 Å². The van der Waals surface area contributed by atoms with Crippen molar-refractivity contribution in [1.82, 2.24) is 0 Å². The Morgan fingerprint density at radius 1 is 1.12 bits per heavy atom. The molecule has 0 unspecified atom stereocenters. The molecule has 0 aromatic rings. The predicted molar refractivity (Wildman–Crippen MR) is 76.2 cm³/mol. The molecule has 1 nitrogen and oxygen atoms in total. The first-order valence-corrected chi connectivity index (χ1v) is 6.05. The molecule has 0 rings (SSSR count). The molecule has 0 heterocycles. The largest absolute Gasteiger partial charge is 0.403 e. The summed E-state index contributed by atoms with van der Waals surface area (Å²) in [6.07, 6.45) is 12.2. The Morgan fingerprint density at radius 2 is 1.69 bits per heavy atom. The summed E-state index contributed by atoms with van der Waals surface area (Å²) in [5, 5.41) is 0.